The first-order valence-electron chi connectivity index (χ1n) is 21.2. The number of ether oxygens (including phenoxy) is 2. The van der Waals surface area contributed by atoms with Gasteiger partial charge in [-0.1, -0.05) is 137 Å². The molecule has 0 aliphatic heterocycles. The van der Waals surface area contributed by atoms with Crippen LogP contribution in [0.4, 0.5) is 0 Å². The van der Waals surface area contributed by atoms with Gasteiger partial charge in [0.05, 0.1) is 19.3 Å². The van der Waals surface area contributed by atoms with Gasteiger partial charge in [0.15, 0.2) is 6.10 Å². The molecule has 0 heterocycles. The molecule has 3 atom stereocenters. The number of allylic oxidation sites excluding steroid dienone is 13. The maximum Gasteiger partial charge on any atom is 0.472 e. The van der Waals surface area contributed by atoms with Crippen LogP contribution in [-0.4, -0.2) is 60.5 Å². The summed E-state index contributed by atoms with van der Waals surface area (Å²) < 4.78 is 32.6. The molecule has 0 rings (SSSR count). The first-order chi connectivity index (χ1) is 27.2. The smallest absolute Gasteiger partial charge is 0.462 e. The molecule has 11 heteroatoms. The Morgan fingerprint density at radius 2 is 1.14 bits per heavy atom. The lowest BCUT2D eigenvalue weighted by atomic mass is 10.1. The fourth-order valence-corrected chi connectivity index (χ4v) is 5.92. The van der Waals surface area contributed by atoms with Gasteiger partial charge in [0, 0.05) is 19.4 Å². The van der Waals surface area contributed by atoms with Crippen molar-refractivity contribution in [2.45, 2.75) is 161 Å². The van der Waals surface area contributed by atoms with Crippen molar-refractivity contribution < 1.29 is 42.7 Å². The van der Waals surface area contributed by atoms with Crippen molar-refractivity contribution in [3.8, 4) is 0 Å². The van der Waals surface area contributed by atoms with E-state index in [0.717, 1.165) is 57.8 Å². The van der Waals surface area contributed by atoms with Crippen LogP contribution in [0.5, 0.6) is 0 Å². The lowest BCUT2D eigenvalue weighted by molar-refractivity contribution is -0.161. The average Bonchev–Trinajstić information content (AvgIpc) is 3.18. The highest BCUT2D eigenvalue weighted by Gasteiger charge is 2.26. The molecule has 0 aliphatic rings. The van der Waals surface area contributed by atoms with Crippen LogP contribution in [0, 0.1) is 0 Å². The number of unbranched alkanes of at least 4 members (excludes halogenated alkanes) is 10. The molecule has 4 N–H and O–H groups in total. The Morgan fingerprint density at radius 1 is 0.625 bits per heavy atom. The van der Waals surface area contributed by atoms with Crippen molar-refractivity contribution in [3.63, 3.8) is 0 Å². The van der Waals surface area contributed by atoms with Gasteiger partial charge in [0.2, 0.25) is 0 Å². The molecule has 0 aromatic rings. The van der Waals surface area contributed by atoms with Crippen molar-refractivity contribution >= 4 is 19.8 Å². The minimum Gasteiger partial charge on any atom is -0.462 e. The molecule has 0 bridgehead atoms. The van der Waals surface area contributed by atoms with Gasteiger partial charge in [0.1, 0.15) is 6.61 Å². The fraction of sp³-hybridized carbons (Fsp3) is 0.644. The highest BCUT2D eigenvalue weighted by atomic mass is 31.2. The van der Waals surface area contributed by atoms with Crippen molar-refractivity contribution in [2.75, 3.05) is 26.4 Å². The Hall–Kier alpha value is -2.85. The largest absolute Gasteiger partial charge is 0.472 e. The molecule has 0 saturated carbocycles. The van der Waals surface area contributed by atoms with E-state index in [1.54, 1.807) is 12.2 Å². The summed E-state index contributed by atoms with van der Waals surface area (Å²) in [6.07, 6.45) is 46.4. The number of nitrogens with two attached hydrogens (primary N) is 1. The fourth-order valence-electron chi connectivity index (χ4n) is 5.15. The molecular formula is C45H76NO9P. The van der Waals surface area contributed by atoms with E-state index >= 15 is 0 Å². The molecule has 320 valence electrons. The Kier molecular flexibility index (Phi) is 38.3. The topological polar surface area (TPSA) is 155 Å². The summed E-state index contributed by atoms with van der Waals surface area (Å²) in [5.74, 6) is -1.07. The van der Waals surface area contributed by atoms with Gasteiger partial charge in [-0.15, -0.1) is 0 Å². The zero-order valence-corrected chi connectivity index (χ0v) is 35.6. The quantitative estimate of drug-likeness (QED) is 0.0180. The Labute approximate surface area is 339 Å². The van der Waals surface area contributed by atoms with Crippen LogP contribution < -0.4 is 5.73 Å². The molecule has 56 heavy (non-hydrogen) atoms. The highest BCUT2D eigenvalue weighted by Crippen LogP contribution is 2.43. The molecule has 1 unspecified atom stereocenters. The zero-order valence-electron chi connectivity index (χ0n) is 34.7. The number of phosphoric acid groups is 1. The molecule has 10 nitrogen and oxygen atoms in total. The number of carbonyl (C=O) groups excluding carboxylic acids is 2. The van der Waals surface area contributed by atoms with Crippen LogP contribution in [0.15, 0.2) is 85.1 Å². The number of aliphatic hydroxyl groups is 1. The SMILES string of the molecule is CCCCC/C=C\C/C=C\C/C=C\C=C\[C@H](O)CCCC(=O)O[C@H](COC(=O)CCCCCC/C=C\C/C=C\C/C=C\CCCCC)COP(=O)(O)OCCN. The van der Waals surface area contributed by atoms with E-state index in [9.17, 15) is 24.2 Å². The van der Waals surface area contributed by atoms with Gasteiger partial charge >= 0.3 is 19.8 Å². The van der Waals surface area contributed by atoms with Crippen molar-refractivity contribution in [3.05, 3.63) is 85.1 Å². The Morgan fingerprint density at radius 3 is 1.71 bits per heavy atom. The molecule has 0 spiro atoms. The summed E-state index contributed by atoms with van der Waals surface area (Å²) in [6.45, 7) is 3.40. The van der Waals surface area contributed by atoms with Crippen LogP contribution in [0.25, 0.3) is 0 Å². The number of phosphoric ester groups is 1. The monoisotopic (exact) mass is 806 g/mol. The molecule has 0 fully saturated rings. The highest BCUT2D eigenvalue weighted by molar-refractivity contribution is 7.47. The number of aliphatic hydroxyl groups excluding tert-OH is 1. The summed E-state index contributed by atoms with van der Waals surface area (Å²) in [4.78, 5) is 34.9. The normalized spacial score (nSPS) is 14.7. The van der Waals surface area contributed by atoms with Gasteiger partial charge in [-0.2, -0.15) is 0 Å². The molecule has 0 aromatic heterocycles. The summed E-state index contributed by atoms with van der Waals surface area (Å²) in [5.41, 5.74) is 5.33. The lowest BCUT2D eigenvalue weighted by Gasteiger charge is -2.20. The number of carbonyl (C=O) groups is 2. The van der Waals surface area contributed by atoms with E-state index in [1.807, 2.05) is 12.2 Å². The third kappa shape index (κ3) is 39.4. The average molecular weight is 806 g/mol. The first kappa shape index (κ1) is 53.1. The van der Waals surface area contributed by atoms with E-state index in [2.05, 4.69) is 74.6 Å². The van der Waals surface area contributed by atoms with E-state index in [-0.39, 0.29) is 32.6 Å². The predicted octanol–water partition coefficient (Wildman–Crippen LogP) is 11.0. The molecule has 0 aromatic carbocycles. The van der Waals surface area contributed by atoms with Gasteiger partial charge in [-0.3, -0.25) is 18.6 Å². The predicted molar refractivity (Wildman–Crippen MR) is 230 cm³/mol. The number of hydrogen-bond donors (Lipinski definition) is 3. The van der Waals surface area contributed by atoms with Crippen LogP contribution in [0.2, 0.25) is 0 Å². The molecular weight excluding hydrogens is 729 g/mol. The minimum absolute atomic E-state index is 0.00771. The van der Waals surface area contributed by atoms with Gasteiger partial charge in [-0.05, 0) is 83.5 Å². The van der Waals surface area contributed by atoms with E-state index in [1.165, 1.54) is 44.9 Å². The van der Waals surface area contributed by atoms with Gasteiger partial charge in [0.25, 0.3) is 0 Å². The van der Waals surface area contributed by atoms with Crippen molar-refractivity contribution in [2.24, 2.45) is 5.73 Å². The second kappa shape index (κ2) is 40.4. The van der Waals surface area contributed by atoms with Crippen LogP contribution in [0.3, 0.4) is 0 Å². The summed E-state index contributed by atoms with van der Waals surface area (Å²) >= 11 is 0. The van der Waals surface area contributed by atoms with Crippen molar-refractivity contribution in [1.82, 2.24) is 0 Å². The lowest BCUT2D eigenvalue weighted by Crippen LogP contribution is -2.29. The zero-order chi connectivity index (χ0) is 41.2. The van der Waals surface area contributed by atoms with E-state index in [0.29, 0.717) is 19.3 Å². The third-order valence-electron chi connectivity index (χ3n) is 8.36. The van der Waals surface area contributed by atoms with Gasteiger partial charge in [-0.25, -0.2) is 4.57 Å². The Bertz CT molecular complexity index is 1210. The Balaban J connectivity index is 4.43. The number of hydrogen-bond acceptors (Lipinski definition) is 9. The maximum absolute atomic E-state index is 12.6. The minimum atomic E-state index is -4.44. The first-order valence-corrected chi connectivity index (χ1v) is 22.7. The molecule has 0 radical (unpaired) electrons. The van der Waals surface area contributed by atoms with E-state index < -0.39 is 38.6 Å². The van der Waals surface area contributed by atoms with Crippen LogP contribution in [-0.2, 0) is 32.7 Å². The molecule has 0 aliphatic carbocycles. The number of esters is 2. The standard InChI is InChI=1S/C45H76NO9P/c1-3-5-7-9-11-13-15-17-18-19-20-22-24-26-28-30-32-36-44(48)52-40-43(41-54-56(50,51)53-39-38-46)55-45(49)37-33-35-42(47)34-31-29-27-25-23-21-16-14-12-10-8-6-4-2/h11-14,17-18,20-23,27,29,31,34,42-43,47H,3-10,15-16,19,24-26,28,30,32-33,35-41,46H2,1-2H3,(H,50,51)/b13-11-,14-12-,18-17-,22-20-,23-21-,29-27-,34-31+/t42-,43+/m0/s1. The van der Waals surface area contributed by atoms with Crippen LogP contribution in [0.1, 0.15) is 149 Å². The summed E-state index contributed by atoms with van der Waals surface area (Å²) in [6, 6.07) is 0. The summed E-state index contributed by atoms with van der Waals surface area (Å²) in [5, 5.41) is 10.3. The van der Waals surface area contributed by atoms with E-state index in [4.69, 9.17) is 24.3 Å². The van der Waals surface area contributed by atoms with Gasteiger partial charge < -0.3 is 25.2 Å². The molecule has 0 saturated heterocycles. The maximum atomic E-state index is 12.6. The third-order valence-corrected chi connectivity index (χ3v) is 9.34. The van der Waals surface area contributed by atoms with Crippen molar-refractivity contribution in [1.29, 1.82) is 0 Å². The number of rotatable bonds is 38. The second-order valence-electron chi connectivity index (χ2n) is 13.7. The second-order valence-corrected chi connectivity index (χ2v) is 15.2. The summed E-state index contributed by atoms with van der Waals surface area (Å²) in [7, 11) is -4.44. The molecule has 0 amide bonds. The van der Waals surface area contributed by atoms with Crippen LogP contribution >= 0.6 is 7.82 Å².